The van der Waals surface area contributed by atoms with Gasteiger partial charge in [-0.15, -0.1) is 0 Å². The standard InChI is InChI=1S/C29H26F4N8O2.C7H12FN/c1-11-5-18-16(9-36-40-18)20(19(11)17-7-29(17,32)33)23-22(31)24-21-26(39-28(38-24)42-4)41(12(2)10-43-27(21)37-23)13(3)15-6-14(30)8-35-25(15)34;8-6-4-7-2-1-3-9(7)5-6/h5-6,8-9,12-13,17H,7,10H2,1-4H3,(H2,34,35)(H,36,40);6-7H,1-5H2/t12-,13?,17?;/m0./s1. The average Bonchev–Trinajstić information content (AvgIpc) is 3.47. The van der Waals surface area contributed by atoms with E-state index in [1.54, 1.807) is 24.8 Å². The molecule has 3 fully saturated rings. The number of pyridine rings is 2. The molecule has 5 aromatic rings. The second kappa shape index (κ2) is 12.7. The van der Waals surface area contributed by atoms with Gasteiger partial charge in [-0.2, -0.15) is 15.1 Å². The van der Waals surface area contributed by atoms with Gasteiger partial charge in [0, 0.05) is 35.5 Å². The maximum Gasteiger partial charge on any atom is 0.318 e. The first kappa shape index (κ1) is 34.2. The van der Waals surface area contributed by atoms with Crippen molar-refractivity contribution in [1.29, 1.82) is 0 Å². The summed E-state index contributed by atoms with van der Waals surface area (Å²) < 4.78 is 84.2. The molecule has 4 unspecified atom stereocenters. The van der Waals surface area contributed by atoms with E-state index < -0.39 is 41.7 Å². The maximum atomic E-state index is 16.8. The number of rotatable bonds is 5. The Morgan fingerprint density at radius 3 is 2.67 bits per heavy atom. The van der Waals surface area contributed by atoms with E-state index in [1.807, 2.05) is 6.92 Å². The van der Waals surface area contributed by atoms with Crippen molar-refractivity contribution in [3.63, 3.8) is 0 Å². The van der Waals surface area contributed by atoms with E-state index in [1.165, 1.54) is 32.2 Å². The van der Waals surface area contributed by atoms with Crippen LogP contribution in [-0.2, 0) is 0 Å². The first-order chi connectivity index (χ1) is 24.9. The van der Waals surface area contributed by atoms with E-state index in [2.05, 4.69) is 35.0 Å². The lowest BCUT2D eigenvalue weighted by atomic mass is 9.91. The molecular weight excluding hydrogens is 685 g/mol. The Balaban J connectivity index is 0.000000372. The minimum atomic E-state index is -2.93. The molecule has 0 radical (unpaired) electrons. The summed E-state index contributed by atoms with van der Waals surface area (Å²) in [6, 6.07) is 2.48. The average molecular weight is 724 g/mol. The number of hydrogen-bond acceptors (Lipinski definition) is 10. The fraction of sp³-hybridized carbons (Fsp3) is 0.472. The molecule has 2 saturated heterocycles. The molecule has 11 nitrogen and oxygen atoms in total. The highest BCUT2D eigenvalue weighted by Crippen LogP contribution is 2.59. The van der Waals surface area contributed by atoms with E-state index >= 15 is 4.39 Å². The van der Waals surface area contributed by atoms with Crippen molar-refractivity contribution >= 4 is 33.4 Å². The Morgan fingerprint density at radius 2 is 1.94 bits per heavy atom. The van der Waals surface area contributed by atoms with Crippen LogP contribution in [0.3, 0.4) is 0 Å². The van der Waals surface area contributed by atoms with Gasteiger partial charge in [-0.05, 0) is 69.8 Å². The Hall–Kier alpha value is -4.86. The fourth-order valence-corrected chi connectivity index (χ4v) is 8.15. The van der Waals surface area contributed by atoms with Gasteiger partial charge < -0.3 is 20.1 Å². The molecule has 0 bridgehead atoms. The van der Waals surface area contributed by atoms with Crippen LogP contribution in [0.4, 0.5) is 33.6 Å². The van der Waals surface area contributed by atoms with Gasteiger partial charge in [-0.25, -0.2) is 31.9 Å². The molecule has 274 valence electrons. The Morgan fingerprint density at radius 1 is 1.15 bits per heavy atom. The third-order valence-corrected chi connectivity index (χ3v) is 10.7. The van der Waals surface area contributed by atoms with Gasteiger partial charge in [0.2, 0.25) is 5.88 Å². The largest absolute Gasteiger partial charge is 0.475 e. The van der Waals surface area contributed by atoms with E-state index in [0.717, 1.165) is 19.2 Å². The van der Waals surface area contributed by atoms with Crippen molar-refractivity contribution < 1.29 is 31.4 Å². The van der Waals surface area contributed by atoms with E-state index in [4.69, 9.17) is 15.2 Å². The molecule has 4 aliphatic rings. The van der Waals surface area contributed by atoms with Crippen molar-refractivity contribution in [3.05, 3.63) is 52.9 Å². The molecule has 3 N–H and O–H groups in total. The molecule has 4 aromatic heterocycles. The first-order valence-corrected chi connectivity index (χ1v) is 17.4. The van der Waals surface area contributed by atoms with Gasteiger partial charge in [0.25, 0.3) is 5.92 Å². The zero-order chi connectivity index (χ0) is 36.6. The van der Waals surface area contributed by atoms with Crippen molar-refractivity contribution in [2.24, 2.45) is 0 Å². The molecule has 3 aliphatic heterocycles. The highest BCUT2D eigenvalue weighted by atomic mass is 19.3. The number of nitrogens with two attached hydrogens (primary N) is 1. The predicted molar refractivity (Wildman–Crippen MR) is 185 cm³/mol. The number of anilines is 2. The molecule has 0 amide bonds. The third kappa shape index (κ3) is 5.71. The number of hydrogen-bond donors (Lipinski definition) is 2. The molecule has 1 aliphatic carbocycles. The van der Waals surface area contributed by atoms with Crippen LogP contribution < -0.4 is 20.1 Å². The van der Waals surface area contributed by atoms with Crippen LogP contribution in [0.5, 0.6) is 11.9 Å². The molecule has 9 rings (SSSR count). The smallest absolute Gasteiger partial charge is 0.318 e. The van der Waals surface area contributed by atoms with E-state index in [-0.39, 0.29) is 58.7 Å². The van der Waals surface area contributed by atoms with Crippen LogP contribution >= 0.6 is 0 Å². The second-order valence-corrected chi connectivity index (χ2v) is 14.2. The number of halogens is 5. The van der Waals surface area contributed by atoms with E-state index in [0.29, 0.717) is 40.2 Å². The number of nitrogens with zero attached hydrogens (tertiary/aromatic N) is 7. The van der Waals surface area contributed by atoms with Crippen molar-refractivity contribution in [2.45, 2.75) is 82.6 Å². The topological polar surface area (TPSA) is 131 Å². The minimum Gasteiger partial charge on any atom is -0.475 e. The minimum absolute atomic E-state index is 0.0163. The fourth-order valence-electron chi connectivity index (χ4n) is 8.15. The van der Waals surface area contributed by atoms with Crippen LogP contribution in [0.25, 0.3) is 33.1 Å². The molecule has 1 saturated carbocycles. The Bertz CT molecular complexity index is 2190. The summed E-state index contributed by atoms with van der Waals surface area (Å²) in [5, 5.41) is 7.51. The highest BCUT2D eigenvalue weighted by Gasteiger charge is 2.59. The normalized spacial score (nSPS) is 23.9. The monoisotopic (exact) mass is 723 g/mol. The van der Waals surface area contributed by atoms with Crippen molar-refractivity contribution in [1.82, 2.24) is 35.0 Å². The van der Waals surface area contributed by atoms with Crippen LogP contribution in [0, 0.1) is 18.6 Å². The quantitative estimate of drug-likeness (QED) is 0.187. The van der Waals surface area contributed by atoms with E-state index in [9.17, 15) is 17.6 Å². The number of fused-ring (bicyclic) bond motifs is 2. The number of nitrogen functional groups attached to an aromatic ring is 1. The summed E-state index contributed by atoms with van der Waals surface area (Å²) in [6.07, 6.45) is 4.95. The summed E-state index contributed by atoms with van der Waals surface area (Å²) in [4.78, 5) is 21.5. The van der Waals surface area contributed by atoms with Gasteiger partial charge in [0.1, 0.15) is 46.8 Å². The lowest BCUT2D eigenvalue weighted by molar-refractivity contribution is 0.112. The lowest BCUT2D eigenvalue weighted by Crippen LogP contribution is -2.39. The molecular formula is C36H38F5N9O2. The Labute approximate surface area is 295 Å². The Kier molecular flexibility index (Phi) is 8.34. The number of alkyl halides is 3. The summed E-state index contributed by atoms with van der Waals surface area (Å²) >= 11 is 0. The summed E-state index contributed by atoms with van der Waals surface area (Å²) in [5.74, 6) is -5.10. The highest BCUT2D eigenvalue weighted by molar-refractivity contribution is 6.02. The first-order valence-electron chi connectivity index (χ1n) is 17.4. The van der Waals surface area contributed by atoms with Crippen LogP contribution in [-0.4, -0.2) is 86.0 Å². The number of methoxy groups -OCH3 is 1. The molecule has 52 heavy (non-hydrogen) atoms. The van der Waals surface area contributed by atoms with Gasteiger partial charge >= 0.3 is 6.01 Å². The maximum absolute atomic E-state index is 16.8. The number of aromatic nitrogens is 6. The molecule has 7 heterocycles. The molecule has 16 heteroatoms. The third-order valence-electron chi connectivity index (χ3n) is 10.7. The van der Waals surface area contributed by atoms with Gasteiger partial charge in [0.05, 0.1) is 43.0 Å². The van der Waals surface area contributed by atoms with Gasteiger partial charge in [-0.3, -0.25) is 10.00 Å². The number of aryl methyl sites for hydroxylation is 1. The van der Waals surface area contributed by atoms with Crippen LogP contribution in [0.15, 0.2) is 24.5 Å². The second-order valence-electron chi connectivity index (χ2n) is 14.2. The zero-order valence-corrected chi connectivity index (χ0v) is 29.1. The summed E-state index contributed by atoms with van der Waals surface area (Å²) in [7, 11) is 1.34. The van der Waals surface area contributed by atoms with Crippen molar-refractivity contribution in [2.75, 3.05) is 37.4 Å². The number of ether oxygens (including phenoxy) is 2. The van der Waals surface area contributed by atoms with Crippen LogP contribution in [0.1, 0.15) is 68.2 Å². The van der Waals surface area contributed by atoms with Gasteiger partial charge in [0.15, 0.2) is 5.82 Å². The number of benzene rings is 1. The molecule has 0 spiro atoms. The number of nitrogens with one attached hydrogen (secondary N) is 1. The summed E-state index contributed by atoms with van der Waals surface area (Å²) in [6.45, 7) is 7.27. The number of H-pyrrole nitrogens is 1. The predicted octanol–water partition coefficient (Wildman–Crippen LogP) is 6.80. The molecule has 5 atom stereocenters. The number of aromatic amines is 1. The zero-order valence-electron chi connectivity index (χ0n) is 29.1. The SMILES string of the molecule is COc1nc2c3c(nc(-c4c(C5CC5(F)F)c(C)cc5[nH]ncc45)c(F)c3n1)OC[C@H](C)N2C(C)c1cc(F)cnc1N.FC1CC2CCCN2C1. The van der Waals surface area contributed by atoms with Crippen LogP contribution in [0.2, 0.25) is 0 Å². The molecule has 1 aromatic carbocycles. The van der Waals surface area contributed by atoms with Crippen molar-refractivity contribution in [3.8, 4) is 23.1 Å². The van der Waals surface area contributed by atoms with Gasteiger partial charge in [-0.1, -0.05) is 0 Å². The lowest BCUT2D eigenvalue weighted by Gasteiger charge is -2.34. The summed E-state index contributed by atoms with van der Waals surface area (Å²) in [5.41, 5.74) is 7.73.